The highest BCUT2D eigenvalue weighted by molar-refractivity contribution is 9.10. The molecule has 14 heavy (non-hydrogen) atoms. The van der Waals surface area contributed by atoms with Crippen LogP contribution in [-0.4, -0.2) is 15.0 Å². The lowest BCUT2D eigenvalue weighted by molar-refractivity contribution is 1.15. The number of nitrogens with zero attached hydrogens (tertiary/aromatic N) is 3. The van der Waals surface area contributed by atoms with Crippen molar-refractivity contribution >= 4 is 27.5 Å². The maximum Gasteiger partial charge on any atom is 0.133 e. The molecule has 0 aliphatic carbocycles. The first-order valence-corrected chi connectivity index (χ1v) is 5.03. The monoisotopic (exact) mass is 269 g/mol. The van der Waals surface area contributed by atoms with Crippen molar-refractivity contribution in [2.75, 3.05) is 0 Å². The Kier molecular flexibility index (Phi) is 2.74. The summed E-state index contributed by atoms with van der Waals surface area (Å²) in [4.78, 5) is 12.1. The summed E-state index contributed by atoms with van der Waals surface area (Å²) in [5.74, 6) is 0. The number of hydrogen-bond acceptors (Lipinski definition) is 3. The van der Waals surface area contributed by atoms with Crippen LogP contribution in [0.3, 0.4) is 0 Å². The minimum atomic E-state index is 0.414. The molecular formula is C9H5BrClN3. The van der Waals surface area contributed by atoms with Crippen LogP contribution in [0.1, 0.15) is 0 Å². The van der Waals surface area contributed by atoms with Crippen LogP contribution >= 0.6 is 27.5 Å². The maximum absolute atomic E-state index is 5.74. The molecule has 0 aliphatic rings. The first-order chi connectivity index (χ1) is 6.75. The predicted molar refractivity (Wildman–Crippen MR) is 58.0 cm³/mol. The van der Waals surface area contributed by atoms with Gasteiger partial charge in [-0.15, -0.1) is 0 Å². The summed E-state index contributed by atoms with van der Waals surface area (Å²) in [5, 5.41) is 0.414. The van der Waals surface area contributed by atoms with E-state index in [1.807, 2.05) is 18.2 Å². The van der Waals surface area contributed by atoms with E-state index in [9.17, 15) is 0 Å². The zero-order valence-corrected chi connectivity index (χ0v) is 9.33. The molecule has 2 heterocycles. The quantitative estimate of drug-likeness (QED) is 0.591. The van der Waals surface area contributed by atoms with Crippen molar-refractivity contribution in [2.45, 2.75) is 0 Å². The van der Waals surface area contributed by atoms with Gasteiger partial charge in [-0.3, -0.25) is 0 Å². The molecule has 0 saturated carbocycles. The van der Waals surface area contributed by atoms with Gasteiger partial charge in [-0.25, -0.2) is 15.0 Å². The topological polar surface area (TPSA) is 38.7 Å². The number of rotatable bonds is 1. The van der Waals surface area contributed by atoms with Crippen LogP contribution < -0.4 is 0 Å². The molecule has 0 bridgehead atoms. The lowest BCUT2D eigenvalue weighted by atomic mass is 10.3. The van der Waals surface area contributed by atoms with Crippen LogP contribution in [0.2, 0.25) is 5.15 Å². The molecule has 0 amide bonds. The van der Waals surface area contributed by atoms with Gasteiger partial charge in [-0.1, -0.05) is 17.7 Å². The van der Waals surface area contributed by atoms with Crippen molar-refractivity contribution in [2.24, 2.45) is 0 Å². The molecule has 2 aromatic heterocycles. The SMILES string of the molecule is Clc1cc(-c2cccc(Br)n2)ncn1. The zero-order chi connectivity index (χ0) is 9.97. The molecule has 0 aromatic carbocycles. The second-order valence-corrected chi connectivity index (χ2v) is 3.77. The summed E-state index contributed by atoms with van der Waals surface area (Å²) >= 11 is 9.03. The Morgan fingerprint density at radius 3 is 2.71 bits per heavy atom. The normalized spacial score (nSPS) is 10.1. The Labute approximate surface area is 94.3 Å². The predicted octanol–water partition coefficient (Wildman–Crippen LogP) is 2.95. The smallest absolute Gasteiger partial charge is 0.133 e. The molecule has 2 rings (SSSR count). The van der Waals surface area contributed by atoms with E-state index in [1.165, 1.54) is 6.33 Å². The number of pyridine rings is 1. The van der Waals surface area contributed by atoms with Crippen LogP contribution in [0.25, 0.3) is 11.4 Å². The second kappa shape index (κ2) is 4.02. The molecule has 0 N–H and O–H groups in total. The van der Waals surface area contributed by atoms with Gasteiger partial charge in [0.15, 0.2) is 0 Å². The summed E-state index contributed by atoms with van der Waals surface area (Å²) < 4.78 is 0.768. The Bertz CT molecular complexity index is 418. The summed E-state index contributed by atoms with van der Waals surface area (Å²) in [5.41, 5.74) is 1.48. The first-order valence-electron chi connectivity index (χ1n) is 3.86. The Hall–Kier alpha value is -1.00. The third-order valence-corrected chi connectivity index (χ3v) is 2.26. The average molecular weight is 271 g/mol. The molecule has 0 fully saturated rings. The largest absolute Gasteiger partial charge is 0.239 e. The molecular weight excluding hydrogens is 265 g/mol. The van der Waals surface area contributed by atoms with Gasteiger partial charge < -0.3 is 0 Å². The summed E-state index contributed by atoms with van der Waals surface area (Å²) in [6, 6.07) is 7.29. The third-order valence-electron chi connectivity index (χ3n) is 1.61. The van der Waals surface area contributed by atoms with Crippen LogP contribution in [0.15, 0.2) is 35.2 Å². The average Bonchev–Trinajstić information content (AvgIpc) is 2.18. The summed E-state index contributed by atoms with van der Waals surface area (Å²) in [6.07, 6.45) is 1.42. The van der Waals surface area contributed by atoms with Gasteiger partial charge in [0.1, 0.15) is 16.1 Å². The second-order valence-electron chi connectivity index (χ2n) is 2.57. The molecule has 2 aromatic rings. The molecule has 3 nitrogen and oxygen atoms in total. The van der Waals surface area contributed by atoms with Gasteiger partial charge in [0.25, 0.3) is 0 Å². The van der Waals surface area contributed by atoms with Gasteiger partial charge in [0.2, 0.25) is 0 Å². The van der Waals surface area contributed by atoms with Crippen molar-refractivity contribution in [1.29, 1.82) is 0 Å². The van der Waals surface area contributed by atoms with Crippen LogP contribution in [0, 0.1) is 0 Å². The zero-order valence-electron chi connectivity index (χ0n) is 6.98. The Morgan fingerprint density at radius 1 is 1.14 bits per heavy atom. The number of aromatic nitrogens is 3. The van der Waals surface area contributed by atoms with Crippen molar-refractivity contribution in [3.8, 4) is 11.4 Å². The van der Waals surface area contributed by atoms with Crippen molar-refractivity contribution < 1.29 is 0 Å². The van der Waals surface area contributed by atoms with E-state index >= 15 is 0 Å². The third kappa shape index (κ3) is 2.08. The van der Waals surface area contributed by atoms with E-state index < -0.39 is 0 Å². The fraction of sp³-hybridized carbons (Fsp3) is 0. The molecule has 0 spiro atoms. The highest BCUT2D eigenvalue weighted by Gasteiger charge is 2.01. The summed E-state index contributed by atoms with van der Waals surface area (Å²) in [6.45, 7) is 0. The van der Waals surface area contributed by atoms with Crippen molar-refractivity contribution in [3.05, 3.63) is 40.3 Å². The lowest BCUT2D eigenvalue weighted by Crippen LogP contribution is -1.88. The molecule has 70 valence electrons. The van der Waals surface area contributed by atoms with Gasteiger partial charge in [-0.2, -0.15) is 0 Å². The van der Waals surface area contributed by atoms with Crippen LogP contribution in [0.5, 0.6) is 0 Å². The maximum atomic E-state index is 5.74. The highest BCUT2D eigenvalue weighted by atomic mass is 79.9. The van der Waals surface area contributed by atoms with Crippen LogP contribution in [0.4, 0.5) is 0 Å². The van der Waals surface area contributed by atoms with Crippen molar-refractivity contribution in [1.82, 2.24) is 15.0 Å². The first kappa shape index (κ1) is 9.55. The fourth-order valence-corrected chi connectivity index (χ4v) is 1.52. The number of hydrogen-bond donors (Lipinski definition) is 0. The highest BCUT2D eigenvalue weighted by Crippen LogP contribution is 2.18. The molecule has 0 radical (unpaired) electrons. The van der Waals surface area contributed by atoms with E-state index in [0.29, 0.717) is 10.8 Å². The standard InChI is InChI=1S/C9H5BrClN3/c10-8-3-1-2-6(14-8)7-4-9(11)13-5-12-7/h1-5H. The molecule has 0 unspecified atom stereocenters. The van der Waals surface area contributed by atoms with E-state index in [4.69, 9.17) is 11.6 Å². The van der Waals surface area contributed by atoms with Crippen molar-refractivity contribution in [3.63, 3.8) is 0 Å². The van der Waals surface area contributed by atoms with Crippen LogP contribution in [-0.2, 0) is 0 Å². The summed E-state index contributed by atoms with van der Waals surface area (Å²) in [7, 11) is 0. The lowest BCUT2D eigenvalue weighted by Gasteiger charge is -1.99. The van der Waals surface area contributed by atoms with E-state index in [0.717, 1.165) is 10.3 Å². The van der Waals surface area contributed by atoms with E-state index in [-0.39, 0.29) is 0 Å². The van der Waals surface area contributed by atoms with E-state index in [1.54, 1.807) is 6.07 Å². The molecule has 0 aliphatic heterocycles. The van der Waals surface area contributed by atoms with Gasteiger partial charge >= 0.3 is 0 Å². The van der Waals surface area contributed by atoms with Gasteiger partial charge in [-0.05, 0) is 28.1 Å². The number of halogens is 2. The minimum Gasteiger partial charge on any atom is -0.239 e. The Morgan fingerprint density at radius 2 is 2.00 bits per heavy atom. The van der Waals surface area contributed by atoms with Gasteiger partial charge in [0.05, 0.1) is 11.4 Å². The minimum absolute atomic E-state index is 0.414. The van der Waals surface area contributed by atoms with E-state index in [2.05, 4.69) is 30.9 Å². The molecule has 5 heteroatoms. The Balaban J connectivity index is 2.49. The van der Waals surface area contributed by atoms with Gasteiger partial charge in [0, 0.05) is 6.07 Å². The molecule has 0 saturated heterocycles. The fourth-order valence-electron chi connectivity index (χ4n) is 1.02. The molecule has 0 atom stereocenters.